The topological polar surface area (TPSA) is 146 Å². The summed E-state index contributed by atoms with van der Waals surface area (Å²) < 4.78 is 11.3. The first-order valence-electron chi connectivity index (χ1n) is 15.7. The maximum Gasteiger partial charge on any atom is 0.271 e. The Kier molecular flexibility index (Phi) is 7.85. The smallest absolute Gasteiger partial charge is 0.271 e. The van der Waals surface area contributed by atoms with E-state index in [-0.39, 0.29) is 23.0 Å². The van der Waals surface area contributed by atoms with Gasteiger partial charge in [-0.1, -0.05) is 0 Å². The second-order valence-corrected chi connectivity index (χ2v) is 12.8. The van der Waals surface area contributed by atoms with Crippen LogP contribution in [0.15, 0.2) is 34.5 Å². The van der Waals surface area contributed by atoms with Crippen LogP contribution >= 0.6 is 0 Å². The largest absolute Gasteiger partial charge is 0.495 e. The first-order chi connectivity index (χ1) is 21.4. The van der Waals surface area contributed by atoms with Gasteiger partial charge in [0, 0.05) is 68.5 Å². The number of amides is 1. The maximum atomic E-state index is 12.6. The number of azo groups is 1. The van der Waals surface area contributed by atoms with Crippen LogP contribution in [0.2, 0.25) is 0 Å². The zero-order chi connectivity index (χ0) is 30.3. The fourth-order valence-electron chi connectivity index (χ4n) is 7.12. The van der Waals surface area contributed by atoms with Crippen molar-refractivity contribution < 1.29 is 14.3 Å². The van der Waals surface area contributed by atoms with E-state index >= 15 is 0 Å². The molecule has 5 aliphatic rings. The number of hydrogen-bond donors (Lipinski definition) is 3. The number of nitrogens with one attached hydrogen (secondary N) is 2. The molecule has 4 aliphatic heterocycles. The summed E-state index contributed by atoms with van der Waals surface area (Å²) in [6.07, 6.45) is 6.14. The number of rotatable bonds is 9. The van der Waals surface area contributed by atoms with Gasteiger partial charge >= 0.3 is 0 Å². The Morgan fingerprint density at radius 2 is 1.84 bits per heavy atom. The molecule has 1 aromatic heterocycles. The summed E-state index contributed by atoms with van der Waals surface area (Å²) in [4.78, 5) is 29.6. The zero-order valence-electron chi connectivity index (χ0n) is 25.6. The number of benzene rings is 1. The second-order valence-electron chi connectivity index (χ2n) is 12.8. The van der Waals surface area contributed by atoms with Gasteiger partial charge in [0.25, 0.3) is 5.91 Å². The third kappa shape index (κ3) is 5.71. The van der Waals surface area contributed by atoms with E-state index in [4.69, 9.17) is 20.2 Å². The van der Waals surface area contributed by atoms with Gasteiger partial charge in [0.2, 0.25) is 0 Å². The Balaban J connectivity index is 1.09. The van der Waals surface area contributed by atoms with E-state index < -0.39 is 5.91 Å². The van der Waals surface area contributed by atoms with Crippen LogP contribution < -0.4 is 26.0 Å². The molecule has 3 saturated heterocycles. The van der Waals surface area contributed by atoms with E-state index in [2.05, 4.69) is 53.7 Å². The number of hydrogen-bond acceptors (Lipinski definition) is 12. The summed E-state index contributed by atoms with van der Waals surface area (Å²) in [5.41, 5.74) is 8.98. The highest BCUT2D eigenvalue weighted by atomic mass is 16.5. The molecule has 1 spiro atoms. The van der Waals surface area contributed by atoms with Crippen molar-refractivity contribution in [2.75, 3.05) is 88.7 Å². The molecule has 0 unspecified atom stereocenters. The number of nitrogens with two attached hydrogens (primary N) is 1. The maximum absolute atomic E-state index is 12.6. The molecule has 7 rings (SSSR count). The van der Waals surface area contributed by atoms with Crippen molar-refractivity contribution in [3.63, 3.8) is 0 Å². The minimum absolute atomic E-state index is 0.0417. The van der Waals surface area contributed by atoms with Crippen molar-refractivity contribution in [3.8, 4) is 5.75 Å². The van der Waals surface area contributed by atoms with Crippen LogP contribution in [0.3, 0.4) is 0 Å². The van der Waals surface area contributed by atoms with E-state index in [9.17, 15) is 4.79 Å². The molecule has 1 saturated carbocycles. The van der Waals surface area contributed by atoms with Gasteiger partial charge in [-0.15, -0.1) is 0 Å². The van der Waals surface area contributed by atoms with Crippen LogP contribution in [-0.4, -0.2) is 111 Å². The normalized spacial score (nSPS) is 22.4. The first-order valence-corrected chi connectivity index (χ1v) is 15.7. The number of piperidine rings is 1. The lowest BCUT2D eigenvalue weighted by Gasteiger charge is -2.53. The van der Waals surface area contributed by atoms with E-state index in [1.54, 1.807) is 7.11 Å². The molecular weight excluding hydrogens is 560 g/mol. The van der Waals surface area contributed by atoms with Gasteiger partial charge in [-0.25, -0.2) is 9.97 Å². The van der Waals surface area contributed by atoms with Crippen LogP contribution in [0.4, 0.5) is 23.0 Å². The Bertz CT molecular complexity index is 1450. The van der Waals surface area contributed by atoms with E-state index in [0.29, 0.717) is 29.8 Å². The lowest BCUT2D eigenvalue weighted by Crippen LogP contribution is -2.56. The summed E-state index contributed by atoms with van der Waals surface area (Å²) in [5.74, 6) is 0.916. The van der Waals surface area contributed by atoms with Gasteiger partial charge in [-0.2, -0.15) is 10.2 Å². The van der Waals surface area contributed by atoms with Crippen molar-refractivity contribution in [1.82, 2.24) is 19.8 Å². The number of ether oxygens (including phenoxy) is 2. The van der Waals surface area contributed by atoms with Crippen molar-refractivity contribution in [2.24, 2.45) is 21.4 Å². The fourth-order valence-corrected chi connectivity index (χ4v) is 7.12. The number of likely N-dealkylation sites (N-methyl/N-ethyl adjacent to an activating group) is 1. The van der Waals surface area contributed by atoms with Crippen molar-refractivity contribution >= 4 is 34.6 Å². The van der Waals surface area contributed by atoms with Crippen LogP contribution in [0.25, 0.3) is 5.70 Å². The standard InChI is InChI=1S/C31H42N10O3/c1-39-11-13-40(14-12-39)22-6-9-41(10-7-22)24-4-3-20(15-25(24)43-2)34-30-27(28(32)42)36-26(23-5-8-33-38-23)29(37-30)35-21-16-31(17-21)18-44-19-31/h3-5,15,21-22H,6-14,16-19H2,1-2H3,(H2,32,42)(H2,34,35,37). The molecule has 4 N–H and O–H groups in total. The first kappa shape index (κ1) is 28.9. The number of nitrogens with zero attached hydrogens (tertiary/aromatic N) is 7. The molecule has 234 valence electrons. The number of carbonyl (C=O) groups excluding carboxylic acids is 1. The van der Waals surface area contributed by atoms with Crippen LogP contribution in [0.1, 0.15) is 41.9 Å². The minimum Gasteiger partial charge on any atom is -0.495 e. The third-order valence-corrected chi connectivity index (χ3v) is 9.73. The van der Waals surface area contributed by atoms with Crippen LogP contribution in [0, 0.1) is 5.41 Å². The predicted molar refractivity (Wildman–Crippen MR) is 169 cm³/mol. The van der Waals surface area contributed by atoms with Gasteiger partial charge in [0.1, 0.15) is 17.1 Å². The number of carbonyl (C=O) groups is 1. The number of primary amides is 1. The second kappa shape index (κ2) is 11.9. The molecule has 1 amide bonds. The molecule has 0 atom stereocenters. The molecule has 0 radical (unpaired) electrons. The van der Waals surface area contributed by atoms with Crippen molar-refractivity contribution in [2.45, 2.75) is 37.8 Å². The van der Waals surface area contributed by atoms with Gasteiger partial charge in [-0.3, -0.25) is 9.69 Å². The highest BCUT2D eigenvalue weighted by molar-refractivity contribution is 5.97. The van der Waals surface area contributed by atoms with Gasteiger partial charge in [0.05, 0.1) is 32.6 Å². The molecule has 0 bridgehead atoms. The monoisotopic (exact) mass is 602 g/mol. The van der Waals surface area contributed by atoms with Crippen molar-refractivity contribution in [3.05, 3.63) is 35.7 Å². The van der Waals surface area contributed by atoms with E-state index in [1.807, 2.05) is 18.2 Å². The fraction of sp³-hybridized carbons (Fsp3) is 0.581. The number of anilines is 4. The summed E-state index contributed by atoms with van der Waals surface area (Å²) >= 11 is 0. The summed E-state index contributed by atoms with van der Waals surface area (Å²) in [6, 6.07) is 6.86. The summed E-state index contributed by atoms with van der Waals surface area (Å²) in [7, 11) is 3.89. The minimum atomic E-state index is -0.677. The lowest BCUT2D eigenvalue weighted by atomic mass is 9.64. The highest BCUT2D eigenvalue weighted by Gasteiger charge is 2.50. The van der Waals surface area contributed by atoms with E-state index in [0.717, 1.165) is 95.3 Å². The molecule has 4 fully saturated rings. The number of piperazine rings is 1. The molecule has 1 aliphatic carbocycles. The predicted octanol–water partition coefficient (Wildman–Crippen LogP) is 2.94. The Labute approximate surface area is 257 Å². The van der Waals surface area contributed by atoms with Crippen LogP contribution in [0.5, 0.6) is 5.75 Å². The zero-order valence-corrected chi connectivity index (χ0v) is 25.6. The summed E-state index contributed by atoms with van der Waals surface area (Å²) in [5, 5.41) is 15.1. The molecule has 5 heterocycles. The molecule has 13 heteroatoms. The van der Waals surface area contributed by atoms with Gasteiger partial charge in [-0.05, 0) is 50.9 Å². The van der Waals surface area contributed by atoms with Crippen LogP contribution in [-0.2, 0) is 4.74 Å². The average molecular weight is 603 g/mol. The van der Waals surface area contributed by atoms with E-state index in [1.165, 1.54) is 0 Å². The quantitative estimate of drug-likeness (QED) is 0.392. The number of aromatic nitrogens is 2. The molecule has 13 nitrogen and oxygen atoms in total. The number of methoxy groups -OCH3 is 1. The SMILES string of the molecule is COc1cc(Nc2nc(NC3CC4(COC4)C3)c(C3=CCN=N3)nc2C(N)=O)ccc1N1CCC(N2CCN(C)CC2)CC1. The highest BCUT2D eigenvalue weighted by Crippen LogP contribution is 2.48. The lowest BCUT2D eigenvalue weighted by molar-refractivity contribution is -0.159. The molecule has 2 aromatic rings. The van der Waals surface area contributed by atoms with Gasteiger partial charge < -0.3 is 35.6 Å². The third-order valence-electron chi connectivity index (χ3n) is 9.73. The van der Waals surface area contributed by atoms with Gasteiger partial charge in [0.15, 0.2) is 17.3 Å². The molecule has 44 heavy (non-hydrogen) atoms. The summed E-state index contributed by atoms with van der Waals surface area (Å²) in [6.45, 7) is 8.63. The average Bonchev–Trinajstić information content (AvgIpc) is 3.53. The molecular formula is C31H42N10O3. The Hall–Kier alpha value is -3.81. The molecule has 1 aromatic carbocycles. The van der Waals surface area contributed by atoms with Crippen molar-refractivity contribution in [1.29, 1.82) is 0 Å². The Morgan fingerprint density at radius 1 is 1.07 bits per heavy atom. The Morgan fingerprint density at radius 3 is 2.48 bits per heavy atom.